The maximum atomic E-state index is 13.1. The summed E-state index contributed by atoms with van der Waals surface area (Å²) >= 11 is 0. The first-order valence-corrected chi connectivity index (χ1v) is 10.6. The second-order valence-electron chi connectivity index (χ2n) is 8.36. The topological polar surface area (TPSA) is 112 Å². The normalized spacial score (nSPS) is 13.2. The first-order valence-electron chi connectivity index (χ1n) is 10.6. The van der Waals surface area contributed by atoms with Gasteiger partial charge in [-0.3, -0.25) is 0 Å². The van der Waals surface area contributed by atoms with Crippen molar-refractivity contribution in [2.24, 2.45) is 0 Å². The van der Waals surface area contributed by atoms with Crippen molar-refractivity contribution < 1.29 is 27.8 Å². The Morgan fingerprint density at radius 1 is 1.11 bits per heavy atom. The van der Waals surface area contributed by atoms with Gasteiger partial charge in [0.25, 0.3) is 0 Å². The van der Waals surface area contributed by atoms with Gasteiger partial charge >= 0.3 is 6.18 Å². The van der Waals surface area contributed by atoms with Crippen molar-refractivity contribution in [1.29, 1.82) is 0 Å². The number of benzene rings is 1. The van der Waals surface area contributed by atoms with Gasteiger partial charge in [-0.1, -0.05) is 0 Å². The number of ether oxygens (including phenoxy) is 2. The van der Waals surface area contributed by atoms with Crippen molar-refractivity contribution in [2.45, 2.75) is 45.6 Å². The summed E-state index contributed by atoms with van der Waals surface area (Å²) in [5.41, 5.74) is 0.380. The fraction of sp³-hybridized carbons (Fsp3) is 0.364. The second kappa shape index (κ2) is 8.73. The second-order valence-corrected chi connectivity index (χ2v) is 8.36. The molecule has 0 aliphatic heterocycles. The summed E-state index contributed by atoms with van der Waals surface area (Å²) in [6.07, 6.45) is -5.08. The van der Waals surface area contributed by atoms with E-state index in [1.807, 2.05) is 0 Å². The van der Waals surface area contributed by atoms with E-state index in [9.17, 15) is 18.3 Å². The van der Waals surface area contributed by atoms with Crippen LogP contribution in [0.15, 0.2) is 36.7 Å². The molecule has 3 heterocycles. The zero-order valence-corrected chi connectivity index (χ0v) is 19.6. The van der Waals surface area contributed by atoms with Crippen LogP contribution >= 0.6 is 0 Å². The van der Waals surface area contributed by atoms with Gasteiger partial charge in [0.1, 0.15) is 23.6 Å². The molecule has 4 aromatic rings. The maximum absolute atomic E-state index is 13.1. The lowest BCUT2D eigenvalue weighted by Gasteiger charge is -2.21. The molecule has 0 amide bonds. The van der Waals surface area contributed by atoms with Gasteiger partial charge in [0, 0.05) is 23.4 Å². The van der Waals surface area contributed by atoms with Gasteiger partial charge in [-0.05, 0) is 45.9 Å². The lowest BCUT2D eigenvalue weighted by molar-refractivity contribution is -0.190. The number of fused-ring (bicyclic) bond motifs is 1. The van der Waals surface area contributed by atoms with Gasteiger partial charge in [0.15, 0.2) is 11.8 Å². The molecule has 0 radical (unpaired) electrons. The van der Waals surface area contributed by atoms with Crippen molar-refractivity contribution in [3.63, 3.8) is 0 Å². The van der Waals surface area contributed by atoms with Crippen LogP contribution in [0, 0.1) is 6.92 Å². The summed E-state index contributed by atoms with van der Waals surface area (Å²) in [7, 11) is 1.51. The highest BCUT2D eigenvalue weighted by Crippen LogP contribution is 2.32. The molecule has 0 saturated heterocycles. The Bertz CT molecular complexity index is 1360. The van der Waals surface area contributed by atoms with Crippen LogP contribution in [-0.2, 0) is 5.60 Å². The maximum Gasteiger partial charge on any atom is 0.425 e. The number of rotatable bonds is 7. The first kappa shape index (κ1) is 24.3. The summed E-state index contributed by atoms with van der Waals surface area (Å²) in [5.74, 6) is 0.998. The Hall–Kier alpha value is -3.87. The smallest absolute Gasteiger partial charge is 0.425 e. The number of aliphatic hydroxyl groups is 1. The van der Waals surface area contributed by atoms with E-state index in [4.69, 9.17) is 9.47 Å². The van der Waals surface area contributed by atoms with Crippen LogP contribution in [0.2, 0.25) is 0 Å². The van der Waals surface area contributed by atoms with Crippen LogP contribution in [0.5, 0.6) is 11.6 Å². The molecule has 0 saturated carbocycles. The number of methoxy groups -OCH3 is 1. The zero-order chi connectivity index (χ0) is 25.5. The van der Waals surface area contributed by atoms with Gasteiger partial charge in [-0.15, -0.1) is 5.10 Å². The zero-order valence-electron chi connectivity index (χ0n) is 19.6. The number of aryl methyl sites for hydroxylation is 1. The highest BCUT2D eigenvalue weighted by molar-refractivity contribution is 5.64. The number of hydrogen-bond donors (Lipinski definition) is 2. The lowest BCUT2D eigenvalue weighted by atomic mass is 10.00. The summed E-state index contributed by atoms with van der Waals surface area (Å²) in [6.45, 7) is 5.75. The molecule has 3 aromatic heterocycles. The highest BCUT2D eigenvalue weighted by Gasteiger charge is 2.38. The van der Waals surface area contributed by atoms with Gasteiger partial charge in [0.05, 0.1) is 12.7 Å². The highest BCUT2D eigenvalue weighted by atomic mass is 19.4. The Morgan fingerprint density at radius 2 is 1.86 bits per heavy atom. The molecule has 0 unspecified atom stereocenters. The molecule has 0 bridgehead atoms. The number of nitrogens with one attached hydrogen (secondary N) is 1. The minimum Gasteiger partial charge on any atom is -0.494 e. The molecule has 0 aliphatic rings. The molecule has 186 valence electrons. The van der Waals surface area contributed by atoms with Crippen molar-refractivity contribution in [3.05, 3.63) is 48.0 Å². The predicted molar refractivity (Wildman–Crippen MR) is 120 cm³/mol. The predicted octanol–water partition coefficient (Wildman–Crippen LogP) is 3.93. The van der Waals surface area contributed by atoms with E-state index < -0.39 is 17.9 Å². The standard InChI is InChI=1S/C22H24F3N7O3/c1-12(22(23,24)25)35-18-9-7-15(21(3,4)33)19-28-20(30-32(18)19)27-14-6-8-16(17(10-14)34-5)31-11-26-13(2)29-31/h6-12,33H,1-5H3,(H,27,30)/t12-/m0/s1. The fourth-order valence-corrected chi connectivity index (χ4v) is 3.34. The molecule has 0 aliphatic carbocycles. The Kier molecular flexibility index (Phi) is 6.05. The number of hydrogen-bond acceptors (Lipinski definition) is 8. The van der Waals surface area contributed by atoms with E-state index in [0.29, 0.717) is 28.5 Å². The third-order valence-electron chi connectivity index (χ3n) is 5.16. The monoisotopic (exact) mass is 491 g/mol. The summed E-state index contributed by atoms with van der Waals surface area (Å²) in [4.78, 5) is 8.50. The minimum absolute atomic E-state index is 0.0811. The Balaban J connectivity index is 1.72. The van der Waals surface area contributed by atoms with Crippen LogP contribution in [-0.4, -0.2) is 53.9 Å². The van der Waals surface area contributed by atoms with Crippen molar-refractivity contribution >= 4 is 17.3 Å². The van der Waals surface area contributed by atoms with Gasteiger partial charge in [0.2, 0.25) is 11.8 Å². The lowest BCUT2D eigenvalue weighted by Crippen LogP contribution is -2.32. The Morgan fingerprint density at radius 3 is 2.46 bits per heavy atom. The van der Waals surface area contributed by atoms with Gasteiger partial charge < -0.3 is 19.9 Å². The van der Waals surface area contributed by atoms with E-state index in [2.05, 4.69) is 25.5 Å². The average Bonchev–Trinajstić information content (AvgIpc) is 3.38. The van der Waals surface area contributed by atoms with Crippen LogP contribution in [0.25, 0.3) is 11.3 Å². The summed E-state index contributed by atoms with van der Waals surface area (Å²) in [6, 6.07) is 7.97. The fourth-order valence-electron chi connectivity index (χ4n) is 3.34. The number of halogens is 3. The molecular formula is C22H24F3N7O3. The van der Waals surface area contributed by atoms with Gasteiger partial charge in [-0.25, -0.2) is 9.67 Å². The van der Waals surface area contributed by atoms with Crippen LogP contribution in [0.4, 0.5) is 24.8 Å². The number of anilines is 2. The number of nitrogens with zero attached hydrogens (tertiary/aromatic N) is 6. The van der Waals surface area contributed by atoms with Gasteiger partial charge in [-0.2, -0.15) is 27.8 Å². The van der Waals surface area contributed by atoms with E-state index in [1.54, 1.807) is 50.0 Å². The molecule has 13 heteroatoms. The van der Waals surface area contributed by atoms with Crippen molar-refractivity contribution in [1.82, 2.24) is 29.4 Å². The molecule has 1 atom stereocenters. The summed E-state index contributed by atoms with van der Waals surface area (Å²) < 4.78 is 52.5. The average molecular weight is 491 g/mol. The number of alkyl halides is 3. The largest absolute Gasteiger partial charge is 0.494 e. The number of aromatic nitrogens is 6. The molecular weight excluding hydrogens is 467 g/mol. The van der Waals surface area contributed by atoms with Crippen molar-refractivity contribution in [3.8, 4) is 17.3 Å². The van der Waals surface area contributed by atoms with Crippen molar-refractivity contribution in [2.75, 3.05) is 12.4 Å². The SMILES string of the molecule is COc1cc(Nc2nc3c(C(C)(C)O)ccc(O[C@@H](C)C(F)(F)F)n3n2)ccc1-n1cnc(C)n1. The first-order chi connectivity index (χ1) is 16.4. The summed E-state index contributed by atoms with van der Waals surface area (Å²) in [5, 5.41) is 22.1. The van der Waals surface area contributed by atoms with E-state index in [0.717, 1.165) is 11.4 Å². The molecule has 0 fully saturated rings. The van der Waals surface area contributed by atoms with E-state index in [-0.39, 0.29) is 17.5 Å². The van der Waals surface area contributed by atoms with E-state index >= 15 is 0 Å². The Labute approximate surface area is 198 Å². The van der Waals surface area contributed by atoms with Crippen LogP contribution in [0.3, 0.4) is 0 Å². The minimum atomic E-state index is -4.57. The van der Waals surface area contributed by atoms with Crippen LogP contribution < -0.4 is 14.8 Å². The molecule has 0 spiro atoms. The third kappa shape index (κ3) is 4.99. The molecule has 10 nitrogen and oxygen atoms in total. The molecule has 35 heavy (non-hydrogen) atoms. The quantitative estimate of drug-likeness (QED) is 0.400. The molecule has 2 N–H and O–H groups in total. The molecule has 1 aromatic carbocycles. The van der Waals surface area contributed by atoms with E-state index in [1.165, 1.54) is 19.2 Å². The van der Waals surface area contributed by atoms with Crippen LogP contribution in [0.1, 0.15) is 32.2 Å². The molecule has 4 rings (SSSR count). The third-order valence-corrected chi connectivity index (χ3v) is 5.16. The number of pyridine rings is 1.